The van der Waals surface area contributed by atoms with E-state index >= 15 is 0 Å². The average molecular weight is 348 g/mol. The summed E-state index contributed by atoms with van der Waals surface area (Å²) >= 11 is 0. The molecule has 0 saturated heterocycles. The van der Waals surface area contributed by atoms with Crippen molar-refractivity contribution in [2.24, 2.45) is 0 Å². The Balaban J connectivity index is 0.00000484. The van der Waals surface area contributed by atoms with Crippen LogP contribution in [0.1, 0.15) is 17.3 Å². The Kier molecular flexibility index (Phi) is 8.97. The molecule has 0 heterocycles. The fourth-order valence-corrected chi connectivity index (χ4v) is 1.89. The third kappa shape index (κ3) is 5.26. The number of likely N-dealkylation sites (N-methyl/N-ethyl adjacent to an activating group) is 2. The van der Waals surface area contributed by atoms with Crippen molar-refractivity contribution in [3.05, 3.63) is 27.8 Å². The molecule has 1 rings (SSSR count). The zero-order valence-corrected chi connectivity index (χ0v) is 14.4. The van der Waals surface area contributed by atoms with Gasteiger partial charge in [0.2, 0.25) is 0 Å². The van der Waals surface area contributed by atoms with Crippen molar-refractivity contribution < 1.29 is 19.2 Å². The van der Waals surface area contributed by atoms with E-state index in [9.17, 15) is 14.9 Å². The lowest BCUT2D eigenvalue weighted by Gasteiger charge is -2.18. The molecule has 0 aliphatic rings. The second-order valence-corrected chi connectivity index (χ2v) is 4.54. The third-order valence-corrected chi connectivity index (χ3v) is 3.05. The molecule has 0 saturated carbocycles. The molecular weight excluding hydrogens is 326 g/mol. The molecule has 0 fully saturated rings. The lowest BCUT2D eigenvalue weighted by Crippen LogP contribution is -2.33. The van der Waals surface area contributed by atoms with E-state index in [2.05, 4.69) is 5.32 Å². The number of ether oxygens (including phenoxy) is 2. The van der Waals surface area contributed by atoms with Crippen molar-refractivity contribution in [1.82, 2.24) is 10.2 Å². The van der Waals surface area contributed by atoms with Gasteiger partial charge in [0.05, 0.1) is 24.7 Å². The van der Waals surface area contributed by atoms with Crippen LogP contribution in [0.15, 0.2) is 12.1 Å². The first-order chi connectivity index (χ1) is 10.5. The van der Waals surface area contributed by atoms with Crippen LogP contribution in [0.3, 0.4) is 0 Å². The number of halogens is 1. The number of methoxy groups -OCH3 is 1. The molecular formula is C14H22ClN3O5. The summed E-state index contributed by atoms with van der Waals surface area (Å²) in [4.78, 5) is 24.5. The first kappa shape index (κ1) is 20.9. The van der Waals surface area contributed by atoms with Gasteiger partial charge in [-0.2, -0.15) is 0 Å². The van der Waals surface area contributed by atoms with Gasteiger partial charge in [-0.15, -0.1) is 12.4 Å². The molecule has 130 valence electrons. The van der Waals surface area contributed by atoms with Crippen molar-refractivity contribution in [1.29, 1.82) is 0 Å². The predicted molar refractivity (Wildman–Crippen MR) is 89.0 cm³/mol. The second kappa shape index (κ2) is 9.86. The SMILES string of the molecule is CCOc1cc(C(=O)N(C)CCNC)c([N+](=O)[O-])cc1OC.Cl. The normalized spacial score (nSPS) is 9.74. The Labute approximate surface area is 141 Å². The smallest absolute Gasteiger partial charge is 0.286 e. The fourth-order valence-electron chi connectivity index (χ4n) is 1.89. The zero-order valence-electron chi connectivity index (χ0n) is 13.6. The van der Waals surface area contributed by atoms with Crippen LogP contribution in [0.25, 0.3) is 0 Å². The van der Waals surface area contributed by atoms with E-state index in [0.29, 0.717) is 25.4 Å². The van der Waals surface area contributed by atoms with Gasteiger partial charge >= 0.3 is 0 Å². The number of benzene rings is 1. The quantitative estimate of drug-likeness (QED) is 0.568. The molecule has 0 aromatic heterocycles. The highest BCUT2D eigenvalue weighted by Crippen LogP contribution is 2.35. The number of nitro benzene ring substituents is 1. The highest BCUT2D eigenvalue weighted by Gasteiger charge is 2.26. The molecule has 1 N–H and O–H groups in total. The topological polar surface area (TPSA) is 93.9 Å². The molecule has 23 heavy (non-hydrogen) atoms. The number of carbonyl (C=O) groups excluding carboxylic acids is 1. The highest BCUT2D eigenvalue weighted by atomic mass is 35.5. The van der Waals surface area contributed by atoms with Crippen molar-refractivity contribution in [3.8, 4) is 11.5 Å². The van der Waals surface area contributed by atoms with E-state index in [1.165, 1.54) is 24.1 Å². The first-order valence-electron chi connectivity index (χ1n) is 6.85. The summed E-state index contributed by atoms with van der Waals surface area (Å²) in [6, 6.07) is 2.57. The highest BCUT2D eigenvalue weighted by molar-refractivity contribution is 5.99. The Morgan fingerprint density at radius 1 is 1.39 bits per heavy atom. The maximum Gasteiger partial charge on any atom is 0.286 e. The van der Waals surface area contributed by atoms with Gasteiger partial charge in [0.25, 0.3) is 11.6 Å². The minimum absolute atomic E-state index is 0. The van der Waals surface area contributed by atoms with Gasteiger partial charge in [0.15, 0.2) is 11.5 Å². The van der Waals surface area contributed by atoms with Gasteiger partial charge in [0, 0.05) is 26.2 Å². The molecule has 0 radical (unpaired) electrons. The van der Waals surface area contributed by atoms with Crippen molar-refractivity contribution in [3.63, 3.8) is 0 Å². The number of hydrogen-bond acceptors (Lipinski definition) is 6. The summed E-state index contributed by atoms with van der Waals surface area (Å²) in [6.45, 7) is 3.16. The predicted octanol–water partition coefficient (Wildman–Crippen LogP) is 1.72. The van der Waals surface area contributed by atoms with E-state index in [1.807, 2.05) is 0 Å². The number of nitro groups is 1. The maximum absolute atomic E-state index is 12.4. The summed E-state index contributed by atoms with van der Waals surface area (Å²) in [5, 5.41) is 14.1. The van der Waals surface area contributed by atoms with Gasteiger partial charge in [-0.3, -0.25) is 14.9 Å². The number of hydrogen-bond donors (Lipinski definition) is 1. The number of rotatable bonds is 8. The largest absolute Gasteiger partial charge is 0.493 e. The van der Waals surface area contributed by atoms with Crippen LogP contribution in [0.2, 0.25) is 0 Å². The maximum atomic E-state index is 12.4. The number of nitrogens with zero attached hydrogens (tertiary/aromatic N) is 2. The Hall–Kier alpha value is -2.06. The molecule has 8 nitrogen and oxygen atoms in total. The number of nitrogens with one attached hydrogen (secondary N) is 1. The first-order valence-corrected chi connectivity index (χ1v) is 6.85. The molecule has 9 heteroatoms. The van der Waals surface area contributed by atoms with E-state index < -0.39 is 10.8 Å². The molecule has 1 aromatic rings. The molecule has 1 amide bonds. The summed E-state index contributed by atoms with van der Waals surface area (Å²) in [5.41, 5.74) is -0.325. The van der Waals surface area contributed by atoms with Gasteiger partial charge < -0.3 is 19.7 Å². The van der Waals surface area contributed by atoms with Gasteiger partial charge in [-0.1, -0.05) is 0 Å². The molecule has 0 aliphatic heterocycles. The van der Waals surface area contributed by atoms with Crippen LogP contribution < -0.4 is 14.8 Å². The van der Waals surface area contributed by atoms with Gasteiger partial charge in [-0.25, -0.2) is 0 Å². The summed E-state index contributed by atoms with van der Waals surface area (Å²) in [7, 11) is 4.75. The molecule has 0 aliphatic carbocycles. The van der Waals surface area contributed by atoms with Gasteiger partial charge in [-0.05, 0) is 14.0 Å². The van der Waals surface area contributed by atoms with Crippen LogP contribution in [-0.4, -0.2) is 56.6 Å². The van der Waals surface area contributed by atoms with Crippen molar-refractivity contribution >= 4 is 24.0 Å². The summed E-state index contributed by atoms with van der Waals surface area (Å²) < 4.78 is 10.5. The zero-order chi connectivity index (χ0) is 16.7. The lowest BCUT2D eigenvalue weighted by atomic mass is 10.1. The fraction of sp³-hybridized carbons (Fsp3) is 0.500. The third-order valence-electron chi connectivity index (χ3n) is 3.05. The van der Waals surface area contributed by atoms with E-state index in [4.69, 9.17) is 9.47 Å². The molecule has 0 spiro atoms. The van der Waals surface area contributed by atoms with E-state index in [-0.39, 0.29) is 29.4 Å². The second-order valence-electron chi connectivity index (χ2n) is 4.54. The Morgan fingerprint density at radius 3 is 2.52 bits per heavy atom. The van der Waals surface area contributed by atoms with Crippen LogP contribution in [-0.2, 0) is 0 Å². The lowest BCUT2D eigenvalue weighted by molar-refractivity contribution is -0.385. The van der Waals surface area contributed by atoms with Crippen LogP contribution in [0.5, 0.6) is 11.5 Å². The Bertz CT molecular complexity index is 553. The number of amides is 1. The van der Waals surface area contributed by atoms with Crippen LogP contribution >= 0.6 is 12.4 Å². The summed E-state index contributed by atoms with van der Waals surface area (Å²) in [5.74, 6) is 0.0921. The van der Waals surface area contributed by atoms with Crippen LogP contribution in [0, 0.1) is 10.1 Å². The monoisotopic (exact) mass is 347 g/mol. The van der Waals surface area contributed by atoms with Gasteiger partial charge in [0.1, 0.15) is 5.56 Å². The minimum atomic E-state index is -0.600. The van der Waals surface area contributed by atoms with E-state index in [0.717, 1.165) is 0 Å². The Morgan fingerprint density at radius 2 is 2.04 bits per heavy atom. The van der Waals surface area contributed by atoms with Crippen LogP contribution in [0.4, 0.5) is 5.69 Å². The molecule has 0 unspecified atom stereocenters. The molecule has 1 aromatic carbocycles. The molecule has 0 bridgehead atoms. The minimum Gasteiger partial charge on any atom is -0.493 e. The standard InChI is InChI=1S/C14H21N3O5.ClH/c1-5-22-13-8-10(14(18)16(3)7-6-15-2)11(17(19)20)9-12(13)21-4;/h8-9,15H,5-7H2,1-4H3;1H. The van der Waals surface area contributed by atoms with Crippen molar-refractivity contribution in [2.45, 2.75) is 6.92 Å². The van der Waals surface area contributed by atoms with Crippen molar-refractivity contribution in [2.75, 3.05) is 40.9 Å². The summed E-state index contributed by atoms with van der Waals surface area (Å²) in [6.07, 6.45) is 0. The van der Waals surface area contributed by atoms with E-state index in [1.54, 1.807) is 21.0 Å². The molecule has 0 atom stereocenters. The number of carbonyl (C=O) groups is 1. The average Bonchev–Trinajstić information content (AvgIpc) is 2.51.